The van der Waals surface area contributed by atoms with E-state index in [1.165, 1.54) is 0 Å². The van der Waals surface area contributed by atoms with Crippen LogP contribution in [0.3, 0.4) is 0 Å². The van der Waals surface area contributed by atoms with E-state index in [0.29, 0.717) is 5.56 Å². The highest BCUT2D eigenvalue weighted by Crippen LogP contribution is 2.10. The summed E-state index contributed by atoms with van der Waals surface area (Å²) >= 11 is 0. The molecule has 6 heteroatoms. The Morgan fingerprint density at radius 2 is 1.61 bits per heavy atom. The predicted molar refractivity (Wildman–Crippen MR) is 67.4 cm³/mol. The van der Waals surface area contributed by atoms with Gasteiger partial charge in [-0.1, -0.05) is 0 Å². The molecule has 6 nitrogen and oxygen atoms in total. The molecule has 1 aromatic rings. The van der Waals surface area contributed by atoms with Gasteiger partial charge in [0.05, 0.1) is 19.8 Å². The van der Waals surface area contributed by atoms with Crippen LogP contribution in [0.25, 0.3) is 0 Å². The Labute approximate surface area is 105 Å². The molecule has 0 atom stereocenters. The van der Waals surface area contributed by atoms with Gasteiger partial charge in [0.25, 0.3) is 5.91 Å². The Bertz CT molecular complexity index is 379. The maximum absolute atomic E-state index is 11.9. The number of carbonyl (C=O) groups is 1. The van der Waals surface area contributed by atoms with Crippen molar-refractivity contribution >= 4 is 11.6 Å². The van der Waals surface area contributed by atoms with E-state index < -0.39 is 31.3 Å². The molecule has 100 valence electrons. The van der Waals surface area contributed by atoms with E-state index in [2.05, 4.69) is 10.6 Å². The Hall–Kier alpha value is -1.63. The van der Waals surface area contributed by atoms with Crippen molar-refractivity contribution in [2.45, 2.75) is 5.54 Å². The van der Waals surface area contributed by atoms with Crippen molar-refractivity contribution in [2.24, 2.45) is 0 Å². The zero-order valence-electron chi connectivity index (χ0n) is 10.2. The van der Waals surface area contributed by atoms with E-state index in [-0.39, 0.29) is 0 Å². The molecule has 1 aromatic carbocycles. The molecule has 18 heavy (non-hydrogen) atoms. The summed E-state index contributed by atoms with van der Waals surface area (Å²) in [6.07, 6.45) is 0. The van der Waals surface area contributed by atoms with Crippen LogP contribution in [0.15, 0.2) is 24.3 Å². The van der Waals surface area contributed by atoms with Crippen LogP contribution in [-0.2, 0) is 0 Å². The van der Waals surface area contributed by atoms with Gasteiger partial charge in [0, 0.05) is 18.3 Å². The van der Waals surface area contributed by atoms with Gasteiger partial charge in [-0.3, -0.25) is 4.79 Å². The predicted octanol–water partition coefficient (Wildman–Crippen LogP) is -0.826. The first-order valence-electron chi connectivity index (χ1n) is 5.53. The maximum atomic E-state index is 11.9. The smallest absolute Gasteiger partial charge is 0.251 e. The lowest BCUT2D eigenvalue weighted by Crippen LogP contribution is -2.57. The van der Waals surface area contributed by atoms with Crippen LogP contribution < -0.4 is 10.6 Å². The second-order valence-electron chi connectivity index (χ2n) is 4.04. The highest BCUT2D eigenvalue weighted by atomic mass is 16.3. The summed E-state index contributed by atoms with van der Waals surface area (Å²) in [4.78, 5) is 11.9. The van der Waals surface area contributed by atoms with Gasteiger partial charge in [-0.15, -0.1) is 0 Å². The molecule has 0 aliphatic heterocycles. The molecule has 0 fully saturated rings. The molecule has 0 heterocycles. The average Bonchev–Trinajstić information content (AvgIpc) is 2.45. The largest absolute Gasteiger partial charge is 0.394 e. The third-order valence-electron chi connectivity index (χ3n) is 2.72. The fourth-order valence-corrected chi connectivity index (χ4v) is 1.37. The molecule has 0 aliphatic rings. The van der Waals surface area contributed by atoms with Crippen LogP contribution in [0.1, 0.15) is 10.4 Å². The third-order valence-corrected chi connectivity index (χ3v) is 2.72. The second kappa shape index (κ2) is 6.34. The van der Waals surface area contributed by atoms with Gasteiger partial charge >= 0.3 is 0 Å². The second-order valence-corrected chi connectivity index (χ2v) is 4.04. The molecule has 5 N–H and O–H groups in total. The van der Waals surface area contributed by atoms with Crippen LogP contribution in [0.4, 0.5) is 5.69 Å². The first-order valence-corrected chi connectivity index (χ1v) is 5.53. The van der Waals surface area contributed by atoms with Crippen LogP contribution in [0.2, 0.25) is 0 Å². The molecule has 0 bridgehead atoms. The molecule has 0 saturated carbocycles. The first-order chi connectivity index (χ1) is 8.60. The highest BCUT2D eigenvalue weighted by Gasteiger charge is 2.30. The number of nitrogens with one attached hydrogen (secondary N) is 2. The lowest BCUT2D eigenvalue weighted by Gasteiger charge is -2.28. The maximum Gasteiger partial charge on any atom is 0.251 e. The molecular formula is C12H18N2O4. The summed E-state index contributed by atoms with van der Waals surface area (Å²) in [6, 6.07) is 6.68. The van der Waals surface area contributed by atoms with Gasteiger partial charge in [-0.2, -0.15) is 0 Å². The molecule has 1 amide bonds. The van der Waals surface area contributed by atoms with E-state index in [0.717, 1.165) is 5.69 Å². The lowest BCUT2D eigenvalue weighted by molar-refractivity contribution is 0.0375. The zero-order chi connectivity index (χ0) is 13.6. The van der Waals surface area contributed by atoms with Gasteiger partial charge in [-0.25, -0.2) is 0 Å². The van der Waals surface area contributed by atoms with E-state index in [9.17, 15) is 4.79 Å². The number of hydrogen-bond donors (Lipinski definition) is 5. The Morgan fingerprint density at radius 3 is 2.00 bits per heavy atom. The number of aliphatic hydroxyl groups excluding tert-OH is 3. The Balaban J connectivity index is 2.80. The van der Waals surface area contributed by atoms with Crippen molar-refractivity contribution in [1.82, 2.24) is 5.32 Å². The summed E-state index contributed by atoms with van der Waals surface area (Å²) < 4.78 is 0. The number of benzene rings is 1. The number of amides is 1. The minimum Gasteiger partial charge on any atom is -0.394 e. The van der Waals surface area contributed by atoms with Crippen molar-refractivity contribution in [3.63, 3.8) is 0 Å². The van der Waals surface area contributed by atoms with Crippen molar-refractivity contribution in [3.8, 4) is 0 Å². The van der Waals surface area contributed by atoms with Crippen molar-refractivity contribution in [1.29, 1.82) is 0 Å². The third kappa shape index (κ3) is 3.19. The number of hydrogen-bond acceptors (Lipinski definition) is 5. The van der Waals surface area contributed by atoms with Crippen LogP contribution >= 0.6 is 0 Å². The van der Waals surface area contributed by atoms with Gasteiger partial charge in [0.1, 0.15) is 5.54 Å². The Morgan fingerprint density at radius 1 is 1.11 bits per heavy atom. The summed E-state index contributed by atoms with van der Waals surface area (Å²) in [5.41, 5.74) is -0.156. The standard InChI is InChI=1S/C12H18N2O4/c1-13-10-4-2-9(3-5-10)11(18)14-12(6-15,7-16)8-17/h2-5,13,15-17H,6-8H2,1H3,(H,14,18). The quantitative estimate of drug-likeness (QED) is 0.456. The molecule has 0 aliphatic carbocycles. The fraction of sp³-hybridized carbons (Fsp3) is 0.417. The molecule has 0 aromatic heterocycles. The van der Waals surface area contributed by atoms with Gasteiger partial charge in [-0.05, 0) is 24.3 Å². The minimum absolute atomic E-state index is 0.383. The van der Waals surface area contributed by atoms with E-state index >= 15 is 0 Å². The number of rotatable bonds is 6. The molecular weight excluding hydrogens is 236 g/mol. The Kier molecular flexibility index (Phi) is 5.08. The van der Waals surface area contributed by atoms with Crippen molar-refractivity contribution in [2.75, 3.05) is 32.2 Å². The normalized spacial score (nSPS) is 11.1. The number of anilines is 1. The van der Waals surface area contributed by atoms with Gasteiger partial charge in [0.2, 0.25) is 0 Å². The van der Waals surface area contributed by atoms with E-state index in [1.807, 2.05) is 0 Å². The SMILES string of the molecule is CNc1ccc(C(=O)NC(CO)(CO)CO)cc1. The fourth-order valence-electron chi connectivity index (χ4n) is 1.37. The monoisotopic (exact) mass is 254 g/mol. The highest BCUT2D eigenvalue weighted by molar-refractivity contribution is 5.95. The summed E-state index contributed by atoms with van der Waals surface area (Å²) in [7, 11) is 1.77. The van der Waals surface area contributed by atoms with E-state index in [4.69, 9.17) is 15.3 Å². The molecule has 0 saturated heterocycles. The van der Waals surface area contributed by atoms with Crippen molar-refractivity contribution in [3.05, 3.63) is 29.8 Å². The molecule has 0 unspecified atom stereocenters. The van der Waals surface area contributed by atoms with E-state index in [1.54, 1.807) is 31.3 Å². The molecule has 0 radical (unpaired) electrons. The summed E-state index contributed by atoms with van der Waals surface area (Å²) in [5.74, 6) is -0.463. The zero-order valence-corrected chi connectivity index (χ0v) is 10.2. The molecule has 0 spiro atoms. The van der Waals surface area contributed by atoms with Crippen LogP contribution in [-0.4, -0.2) is 53.6 Å². The summed E-state index contributed by atoms with van der Waals surface area (Å²) in [6.45, 7) is -1.62. The minimum atomic E-state index is -1.40. The topological polar surface area (TPSA) is 102 Å². The number of carbonyl (C=O) groups excluding carboxylic acids is 1. The van der Waals surface area contributed by atoms with Crippen molar-refractivity contribution < 1.29 is 20.1 Å². The van der Waals surface area contributed by atoms with Crippen LogP contribution in [0.5, 0.6) is 0 Å². The number of aliphatic hydroxyl groups is 3. The van der Waals surface area contributed by atoms with Gasteiger partial charge < -0.3 is 26.0 Å². The van der Waals surface area contributed by atoms with Gasteiger partial charge in [0.15, 0.2) is 0 Å². The lowest BCUT2D eigenvalue weighted by atomic mass is 10.0. The average molecular weight is 254 g/mol. The molecule has 1 rings (SSSR count). The summed E-state index contributed by atoms with van der Waals surface area (Å²) in [5, 5.41) is 32.7. The first kappa shape index (κ1) is 14.4. The van der Waals surface area contributed by atoms with Crippen LogP contribution in [0, 0.1) is 0 Å².